The van der Waals surface area contributed by atoms with Crippen LogP contribution in [0.4, 0.5) is 5.69 Å². The topological polar surface area (TPSA) is 52.9 Å². The van der Waals surface area contributed by atoms with E-state index >= 15 is 0 Å². The van der Waals surface area contributed by atoms with E-state index in [9.17, 15) is 10.1 Å². The Hall–Kier alpha value is -1.99. The summed E-state index contributed by atoms with van der Waals surface area (Å²) in [4.78, 5) is 12.2. The van der Waals surface area contributed by atoms with Gasteiger partial charge in [0, 0.05) is 15.6 Å². The SMILES string of the molecule is N#CC(=Cc1c(Cl)cccc1Cl)C(=O)Nc1ccccc1Cl. The molecular formula is C16H9Cl3N2O. The monoisotopic (exact) mass is 350 g/mol. The van der Waals surface area contributed by atoms with Crippen molar-refractivity contribution in [2.24, 2.45) is 0 Å². The fraction of sp³-hybridized carbons (Fsp3) is 0. The first-order valence-electron chi connectivity index (χ1n) is 6.14. The van der Waals surface area contributed by atoms with E-state index in [2.05, 4.69) is 5.32 Å². The number of hydrogen-bond donors (Lipinski definition) is 1. The summed E-state index contributed by atoms with van der Waals surface area (Å²) in [6.45, 7) is 0. The lowest BCUT2D eigenvalue weighted by Crippen LogP contribution is -2.13. The summed E-state index contributed by atoms with van der Waals surface area (Å²) in [6, 6.07) is 13.5. The van der Waals surface area contributed by atoms with E-state index in [1.807, 2.05) is 6.07 Å². The molecule has 0 aliphatic carbocycles. The minimum Gasteiger partial charge on any atom is -0.320 e. The molecule has 0 aliphatic rings. The minimum atomic E-state index is -0.591. The number of benzene rings is 2. The number of halogens is 3. The van der Waals surface area contributed by atoms with Crippen LogP contribution in [0.25, 0.3) is 6.08 Å². The second kappa shape index (κ2) is 7.33. The summed E-state index contributed by atoms with van der Waals surface area (Å²) < 4.78 is 0. The van der Waals surface area contributed by atoms with Gasteiger partial charge >= 0.3 is 0 Å². The third kappa shape index (κ3) is 3.80. The first kappa shape index (κ1) is 16.4. The Balaban J connectivity index is 2.33. The summed E-state index contributed by atoms with van der Waals surface area (Å²) >= 11 is 18.0. The van der Waals surface area contributed by atoms with E-state index in [-0.39, 0.29) is 5.57 Å². The standard InChI is InChI=1S/C16H9Cl3N2O/c17-12-5-3-6-13(18)11(12)8-10(9-20)16(22)21-15-7-2-1-4-14(15)19/h1-8H,(H,21,22). The Morgan fingerprint density at radius 3 is 2.18 bits per heavy atom. The minimum absolute atomic E-state index is 0.130. The Kier molecular flexibility index (Phi) is 5.46. The number of nitrogens with one attached hydrogen (secondary N) is 1. The molecule has 2 rings (SSSR count). The van der Waals surface area contributed by atoms with Gasteiger partial charge in [0.2, 0.25) is 0 Å². The lowest BCUT2D eigenvalue weighted by molar-refractivity contribution is -0.112. The van der Waals surface area contributed by atoms with E-state index in [1.165, 1.54) is 6.08 Å². The molecule has 0 heterocycles. The van der Waals surface area contributed by atoms with Crippen molar-refractivity contribution in [3.8, 4) is 6.07 Å². The molecule has 2 aromatic rings. The van der Waals surface area contributed by atoms with Gasteiger partial charge in [-0.25, -0.2) is 0 Å². The number of carbonyl (C=O) groups excluding carboxylic acids is 1. The van der Waals surface area contributed by atoms with Gasteiger partial charge in [0.05, 0.1) is 10.7 Å². The number of anilines is 1. The zero-order valence-electron chi connectivity index (χ0n) is 11.1. The molecule has 0 atom stereocenters. The van der Waals surface area contributed by atoms with Gasteiger partial charge < -0.3 is 5.32 Å². The molecule has 0 aliphatic heterocycles. The molecule has 0 saturated heterocycles. The van der Waals surface area contributed by atoms with Crippen molar-refractivity contribution in [2.45, 2.75) is 0 Å². The number of amides is 1. The van der Waals surface area contributed by atoms with Crippen molar-refractivity contribution in [1.82, 2.24) is 0 Å². The van der Waals surface area contributed by atoms with Crippen molar-refractivity contribution in [3.63, 3.8) is 0 Å². The number of hydrogen-bond acceptors (Lipinski definition) is 2. The van der Waals surface area contributed by atoms with Crippen LogP contribution < -0.4 is 5.32 Å². The van der Waals surface area contributed by atoms with Gasteiger partial charge in [0.25, 0.3) is 5.91 Å². The number of rotatable bonds is 3. The Bertz CT molecular complexity index is 774. The van der Waals surface area contributed by atoms with E-state index < -0.39 is 5.91 Å². The Morgan fingerprint density at radius 2 is 1.59 bits per heavy atom. The number of nitrogens with zero attached hydrogens (tertiary/aromatic N) is 1. The van der Waals surface area contributed by atoms with Crippen LogP contribution in [0.2, 0.25) is 15.1 Å². The van der Waals surface area contributed by atoms with Crippen molar-refractivity contribution < 1.29 is 4.79 Å². The quantitative estimate of drug-likeness (QED) is 0.611. The molecule has 1 amide bonds. The second-order valence-corrected chi connectivity index (χ2v) is 5.46. The molecule has 0 aromatic heterocycles. The van der Waals surface area contributed by atoms with Gasteiger partial charge in [0.15, 0.2) is 0 Å². The van der Waals surface area contributed by atoms with Crippen molar-refractivity contribution in [2.75, 3.05) is 5.32 Å². The summed E-state index contributed by atoms with van der Waals surface area (Å²) in [5.41, 5.74) is 0.701. The third-order valence-corrected chi connectivity index (χ3v) is 3.76. The first-order chi connectivity index (χ1) is 10.5. The van der Waals surface area contributed by atoms with E-state index in [1.54, 1.807) is 42.5 Å². The number of carbonyl (C=O) groups is 1. The molecule has 0 saturated carbocycles. The summed E-state index contributed by atoms with van der Waals surface area (Å²) in [6.07, 6.45) is 1.34. The average Bonchev–Trinajstić information content (AvgIpc) is 2.49. The van der Waals surface area contributed by atoms with Crippen LogP contribution in [0.15, 0.2) is 48.0 Å². The summed E-state index contributed by atoms with van der Waals surface area (Å²) in [7, 11) is 0. The molecule has 0 radical (unpaired) electrons. The van der Waals surface area contributed by atoms with Gasteiger partial charge in [-0.1, -0.05) is 53.0 Å². The van der Waals surface area contributed by atoms with E-state index in [0.717, 1.165) is 0 Å². The van der Waals surface area contributed by atoms with Crippen LogP contribution in [0.5, 0.6) is 0 Å². The molecule has 0 bridgehead atoms. The fourth-order valence-electron chi connectivity index (χ4n) is 1.69. The maximum absolute atomic E-state index is 12.2. The molecule has 3 nitrogen and oxygen atoms in total. The molecule has 0 spiro atoms. The normalized spacial score (nSPS) is 10.9. The van der Waals surface area contributed by atoms with Crippen molar-refractivity contribution in [1.29, 1.82) is 5.26 Å². The summed E-state index contributed by atoms with van der Waals surface area (Å²) in [5, 5.41) is 12.8. The smallest absolute Gasteiger partial charge is 0.266 e. The van der Waals surface area contributed by atoms with E-state index in [4.69, 9.17) is 34.8 Å². The lowest BCUT2D eigenvalue weighted by atomic mass is 10.1. The van der Waals surface area contributed by atoms with Gasteiger partial charge in [0.1, 0.15) is 11.6 Å². The fourth-order valence-corrected chi connectivity index (χ4v) is 2.38. The highest BCUT2D eigenvalue weighted by Gasteiger charge is 2.13. The predicted octanol–water partition coefficient (Wildman–Crippen LogP) is 5.19. The molecule has 1 N–H and O–H groups in total. The van der Waals surface area contributed by atoms with E-state index in [0.29, 0.717) is 26.3 Å². The molecule has 0 unspecified atom stereocenters. The molecule has 6 heteroatoms. The van der Waals surface area contributed by atoms with Crippen LogP contribution in [-0.2, 0) is 4.79 Å². The zero-order chi connectivity index (χ0) is 16.1. The van der Waals surface area contributed by atoms with Crippen LogP contribution in [0.3, 0.4) is 0 Å². The van der Waals surface area contributed by atoms with Crippen LogP contribution in [0, 0.1) is 11.3 Å². The predicted molar refractivity (Wildman–Crippen MR) is 90.1 cm³/mol. The number of para-hydroxylation sites is 1. The van der Waals surface area contributed by atoms with Gasteiger partial charge in [-0.05, 0) is 30.3 Å². The maximum Gasteiger partial charge on any atom is 0.266 e. The Morgan fingerprint density at radius 1 is 1.00 bits per heavy atom. The summed E-state index contributed by atoms with van der Waals surface area (Å²) in [5.74, 6) is -0.591. The molecule has 22 heavy (non-hydrogen) atoms. The largest absolute Gasteiger partial charge is 0.320 e. The number of nitriles is 1. The second-order valence-electron chi connectivity index (χ2n) is 4.24. The van der Waals surface area contributed by atoms with Crippen LogP contribution in [-0.4, -0.2) is 5.91 Å². The lowest BCUT2D eigenvalue weighted by Gasteiger charge is -2.07. The van der Waals surface area contributed by atoms with Gasteiger partial charge in [-0.3, -0.25) is 4.79 Å². The highest BCUT2D eigenvalue weighted by atomic mass is 35.5. The molecular weight excluding hydrogens is 343 g/mol. The van der Waals surface area contributed by atoms with Gasteiger partial charge in [-0.15, -0.1) is 0 Å². The first-order valence-corrected chi connectivity index (χ1v) is 7.28. The molecule has 110 valence electrons. The van der Waals surface area contributed by atoms with Crippen molar-refractivity contribution in [3.05, 3.63) is 68.7 Å². The molecule has 0 fully saturated rings. The van der Waals surface area contributed by atoms with Crippen LogP contribution >= 0.6 is 34.8 Å². The van der Waals surface area contributed by atoms with Crippen LogP contribution in [0.1, 0.15) is 5.56 Å². The third-order valence-electron chi connectivity index (χ3n) is 2.78. The highest BCUT2D eigenvalue weighted by molar-refractivity contribution is 6.37. The highest BCUT2D eigenvalue weighted by Crippen LogP contribution is 2.27. The van der Waals surface area contributed by atoms with Crippen molar-refractivity contribution >= 4 is 52.5 Å². The maximum atomic E-state index is 12.2. The molecule has 2 aromatic carbocycles. The van der Waals surface area contributed by atoms with Gasteiger partial charge in [-0.2, -0.15) is 5.26 Å². The average molecular weight is 352 g/mol. The Labute approximate surface area is 142 Å². The zero-order valence-corrected chi connectivity index (χ0v) is 13.4.